The standard InChI is InChI=1S/C20H24FN5O2.2CH4/c1-3-25-12-18(27)26(4-2)17-11-22-20(24-19(17)25)23-14-9-16(10-14)28-15-7-5-13(21)6-8-15;;/h5-8,11,14,16H,3-4,9-10,12H2,1-2H3,(H,22,23,24);2*1H4. The van der Waals surface area contributed by atoms with Crippen LogP contribution >= 0.6 is 0 Å². The number of nitrogens with zero attached hydrogens (tertiary/aromatic N) is 4. The van der Waals surface area contributed by atoms with Gasteiger partial charge in [-0.1, -0.05) is 14.9 Å². The Morgan fingerprint density at radius 1 is 1.17 bits per heavy atom. The highest BCUT2D eigenvalue weighted by atomic mass is 19.1. The Labute approximate surface area is 178 Å². The Morgan fingerprint density at radius 3 is 2.50 bits per heavy atom. The molecule has 1 N–H and O–H groups in total. The molecule has 2 heterocycles. The quantitative estimate of drug-likeness (QED) is 0.763. The molecule has 30 heavy (non-hydrogen) atoms. The largest absolute Gasteiger partial charge is 0.490 e. The smallest absolute Gasteiger partial charge is 0.246 e. The van der Waals surface area contributed by atoms with Crippen molar-refractivity contribution in [3.05, 3.63) is 36.3 Å². The van der Waals surface area contributed by atoms with Crippen LogP contribution in [0.5, 0.6) is 5.75 Å². The lowest BCUT2D eigenvalue weighted by Gasteiger charge is -2.37. The van der Waals surface area contributed by atoms with E-state index in [4.69, 9.17) is 4.74 Å². The van der Waals surface area contributed by atoms with E-state index in [1.165, 1.54) is 12.1 Å². The topological polar surface area (TPSA) is 70.6 Å². The van der Waals surface area contributed by atoms with Crippen LogP contribution in [0.1, 0.15) is 41.5 Å². The first-order valence-corrected chi connectivity index (χ1v) is 9.68. The van der Waals surface area contributed by atoms with Gasteiger partial charge >= 0.3 is 0 Å². The molecule has 1 aromatic heterocycles. The van der Waals surface area contributed by atoms with Crippen molar-refractivity contribution in [3.8, 4) is 5.75 Å². The lowest BCUT2D eigenvalue weighted by Crippen LogP contribution is -2.46. The van der Waals surface area contributed by atoms with E-state index in [1.807, 2.05) is 18.7 Å². The fraction of sp³-hybridized carbons (Fsp3) is 0.500. The van der Waals surface area contributed by atoms with Crippen molar-refractivity contribution in [1.29, 1.82) is 0 Å². The van der Waals surface area contributed by atoms with Crippen LogP contribution in [0, 0.1) is 5.82 Å². The minimum atomic E-state index is -0.269. The predicted molar refractivity (Wildman–Crippen MR) is 119 cm³/mol. The van der Waals surface area contributed by atoms with Gasteiger partial charge in [0.2, 0.25) is 11.9 Å². The third-order valence-electron chi connectivity index (χ3n) is 5.21. The molecule has 0 spiro atoms. The first-order valence-electron chi connectivity index (χ1n) is 9.68. The van der Waals surface area contributed by atoms with Gasteiger partial charge in [-0.2, -0.15) is 4.98 Å². The van der Waals surface area contributed by atoms with Gasteiger partial charge in [-0.3, -0.25) is 4.79 Å². The maximum atomic E-state index is 13.0. The van der Waals surface area contributed by atoms with E-state index >= 15 is 0 Å². The molecule has 2 aromatic rings. The molecule has 1 aliphatic carbocycles. The van der Waals surface area contributed by atoms with Crippen LogP contribution in [0.2, 0.25) is 0 Å². The van der Waals surface area contributed by atoms with E-state index in [9.17, 15) is 9.18 Å². The van der Waals surface area contributed by atoms with Crippen molar-refractivity contribution in [2.45, 2.75) is 53.7 Å². The Bertz CT molecular complexity index is 855. The lowest BCUT2D eigenvalue weighted by atomic mass is 9.89. The summed E-state index contributed by atoms with van der Waals surface area (Å²) in [6, 6.07) is 6.31. The fourth-order valence-electron chi connectivity index (χ4n) is 3.59. The van der Waals surface area contributed by atoms with Crippen LogP contribution in [0.25, 0.3) is 0 Å². The van der Waals surface area contributed by atoms with E-state index in [0.717, 1.165) is 24.3 Å². The highest BCUT2D eigenvalue weighted by molar-refractivity contribution is 6.02. The van der Waals surface area contributed by atoms with E-state index in [1.54, 1.807) is 23.2 Å². The summed E-state index contributed by atoms with van der Waals surface area (Å²) in [5.41, 5.74) is 0.761. The normalized spacial score (nSPS) is 19.8. The van der Waals surface area contributed by atoms with E-state index in [-0.39, 0.29) is 38.7 Å². The van der Waals surface area contributed by atoms with Gasteiger partial charge in [0, 0.05) is 32.0 Å². The first-order chi connectivity index (χ1) is 13.6. The van der Waals surface area contributed by atoms with E-state index in [2.05, 4.69) is 15.3 Å². The van der Waals surface area contributed by atoms with Crippen LogP contribution in [0.3, 0.4) is 0 Å². The molecular weight excluding hydrogens is 385 g/mol. The molecule has 8 heteroatoms. The van der Waals surface area contributed by atoms with Gasteiger partial charge in [0.15, 0.2) is 5.82 Å². The third-order valence-corrected chi connectivity index (χ3v) is 5.21. The third kappa shape index (κ3) is 4.63. The summed E-state index contributed by atoms with van der Waals surface area (Å²) in [4.78, 5) is 25.0. The summed E-state index contributed by atoms with van der Waals surface area (Å²) >= 11 is 0. The highest BCUT2D eigenvalue weighted by Crippen LogP contribution is 2.33. The molecule has 1 aliphatic heterocycles. The van der Waals surface area contributed by atoms with Crippen molar-refractivity contribution in [2.75, 3.05) is 34.8 Å². The molecule has 1 amide bonds. The summed E-state index contributed by atoms with van der Waals surface area (Å²) in [6.07, 6.45) is 3.48. The molecule has 0 unspecified atom stereocenters. The Hall–Kier alpha value is -2.90. The van der Waals surface area contributed by atoms with Crippen LogP contribution in [-0.4, -0.2) is 47.7 Å². The zero-order chi connectivity index (χ0) is 19.7. The summed E-state index contributed by atoms with van der Waals surface area (Å²) in [7, 11) is 0. The van der Waals surface area contributed by atoms with Crippen LogP contribution in [0.15, 0.2) is 30.5 Å². The Balaban J connectivity index is 0.00000160. The van der Waals surface area contributed by atoms with Crippen LogP contribution in [0.4, 0.5) is 21.8 Å². The predicted octanol–water partition coefficient (Wildman–Crippen LogP) is 4.10. The lowest BCUT2D eigenvalue weighted by molar-refractivity contribution is -0.117. The maximum absolute atomic E-state index is 13.0. The summed E-state index contributed by atoms with van der Waals surface area (Å²) in [5, 5.41) is 3.35. The average molecular weight is 418 g/mol. The molecule has 4 rings (SSSR count). The summed E-state index contributed by atoms with van der Waals surface area (Å²) in [5.74, 6) is 1.83. The highest BCUT2D eigenvalue weighted by Gasteiger charge is 2.33. The molecule has 2 aliphatic rings. The second-order valence-corrected chi connectivity index (χ2v) is 7.06. The fourth-order valence-corrected chi connectivity index (χ4v) is 3.59. The number of ether oxygens (including phenoxy) is 1. The van der Waals surface area contributed by atoms with Crippen molar-refractivity contribution < 1.29 is 13.9 Å². The summed E-state index contributed by atoms with van der Waals surface area (Å²) in [6.45, 7) is 5.61. The van der Waals surface area contributed by atoms with Gasteiger partial charge in [0.05, 0.1) is 12.7 Å². The first kappa shape index (κ1) is 23.4. The molecule has 1 saturated carbocycles. The van der Waals surface area contributed by atoms with Gasteiger partial charge in [-0.25, -0.2) is 9.37 Å². The second-order valence-electron chi connectivity index (χ2n) is 7.06. The number of hydrogen-bond acceptors (Lipinski definition) is 6. The average Bonchev–Trinajstić information content (AvgIpc) is 2.67. The Morgan fingerprint density at radius 2 is 1.87 bits per heavy atom. The second kappa shape index (κ2) is 9.73. The monoisotopic (exact) mass is 417 g/mol. The molecule has 0 bridgehead atoms. The molecular formula is C22H32FN5O2. The number of halogens is 1. The molecule has 1 aromatic carbocycles. The number of nitrogens with one attached hydrogen (secondary N) is 1. The zero-order valence-corrected chi connectivity index (χ0v) is 16.1. The van der Waals surface area contributed by atoms with Crippen LogP contribution in [-0.2, 0) is 4.79 Å². The van der Waals surface area contributed by atoms with Gasteiger partial charge in [-0.05, 0) is 38.1 Å². The number of rotatable bonds is 6. The molecule has 7 nitrogen and oxygen atoms in total. The minimum absolute atomic E-state index is 0. The molecule has 0 saturated heterocycles. The van der Waals surface area contributed by atoms with Crippen LogP contribution < -0.4 is 19.9 Å². The van der Waals surface area contributed by atoms with E-state index < -0.39 is 0 Å². The zero-order valence-electron chi connectivity index (χ0n) is 16.1. The minimum Gasteiger partial charge on any atom is -0.490 e. The number of hydrogen-bond donors (Lipinski definition) is 1. The number of likely N-dealkylation sites (N-methyl/N-ethyl adjacent to an activating group) is 2. The number of anilines is 3. The maximum Gasteiger partial charge on any atom is 0.246 e. The van der Waals surface area contributed by atoms with Crippen molar-refractivity contribution >= 4 is 23.4 Å². The van der Waals surface area contributed by atoms with Crippen molar-refractivity contribution in [3.63, 3.8) is 0 Å². The van der Waals surface area contributed by atoms with Gasteiger partial charge in [-0.15, -0.1) is 0 Å². The van der Waals surface area contributed by atoms with E-state index in [0.29, 0.717) is 31.3 Å². The summed E-state index contributed by atoms with van der Waals surface area (Å²) < 4.78 is 18.8. The van der Waals surface area contributed by atoms with Gasteiger partial charge < -0.3 is 19.9 Å². The molecule has 0 atom stereocenters. The van der Waals surface area contributed by atoms with Crippen molar-refractivity contribution in [2.24, 2.45) is 0 Å². The number of carbonyl (C=O) groups is 1. The SMILES string of the molecule is C.C.CCN1CC(=O)N(CC)c2cnc(NC3CC(Oc4ccc(F)cc4)C3)nc21. The molecule has 1 fully saturated rings. The number of benzene rings is 1. The molecule has 0 radical (unpaired) electrons. The number of carbonyl (C=O) groups excluding carboxylic acids is 1. The number of fused-ring (bicyclic) bond motifs is 1. The number of amides is 1. The Kier molecular flexibility index (Phi) is 7.59. The van der Waals surface area contributed by atoms with Gasteiger partial charge in [0.1, 0.15) is 23.4 Å². The van der Waals surface area contributed by atoms with Gasteiger partial charge in [0.25, 0.3) is 0 Å². The molecule has 164 valence electrons. The number of aromatic nitrogens is 2. The van der Waals surface area contributed by atoms with Crippen molar-refractivity contribution in [1.82, 2.24) is 9.97 Å².